The fraction of sp³-hybridized carbons (Fsp3) is 1.00. The van der Waals surface area contributed by atoms with E-state index >= 15 is 0 Å². The van der Waals surface area contributed by atoms with Gasteiger partial charge in [0, 0.05) is 26.2 Å². The molecule has 2 heterocycles. The van der Waals surface area contributed by atoms with E-state index in [1.54, 1.807) is 0 Å². The van der Waals surface area contributed by atoms with Gasteiger partial charge in [0.05, 0.1) is 0 Å². The van der Waals surface area contributed by atoms with Crippen molar-refractivity contribution in [3.05, 3.63) is 0 Å². The van der Waals surface area contributed by atoms with Crippen molar-refractivity contribution >= 4 is 0 Å². The Morgan fingerprint density at radius 3 is 1.68 bits per heavy atom. The van der Waals surface area contributed by atoms with E-state index in [-0.39, 0.29) is 0 Å². The van der Waals surface area contributed by atoms with Crippen LogP contribution in [0.5, 0.6) is 0 Å². The number of hydrogen-bond acceptors (Lipinski definition) is 2. The van der Waals surface area contributed by atoms with Crippen LogP contribution in [-0.2, 0) is 0 Å². The van der Waals surface area contributed by atoms with Crippen LogP contribution >= 0.6 is 0 Å². The maximum absolute atomic E-state index is 2.71. The first-order valence-electron chi connectivity index (χ1n) is 9.98. The molecule has 3 rings (SSSR count). The van der Waals surface area contributed by atoms with E-state index in [0.29, 0.717) is 10.8 Å². The normalized spacial score (nSPS) is 29.6. The Kier molecular flexibility index (Phi) is 5.19. The van der Waals surface area contributed by atoms with Crippen molar-refractivity contribution in [2.45, 2.75) is 85.0 Å². The lowest BCUT2D eigenvalue weighted by atomic mass is 9.61. The van der Waals surface area contributed by atoms with Gasteiger partial charge >= 0.3 is 0 Å². The molecule has 1 spiro atoms. The second-order valence-corrected chi connectivity index (χ2v) is 9.46. The molecule has 2 aliphatic heterocycles. The van der Waals surface area contributed by atoms with E-state index in [0.717, 1.165) is 5.92 Å². The van der Waals surface area contributed by atoms with Crippen LogP contribution in [0, 0.1) is 16.7 Å². The molecule has 0 aromatic heterocycles. The lowest BCUT2D eigenvalue weighted by molar-refractivity contribution is -0.0783. The summed E-state index contributed by atoms with van der Waals surface area (Å²) in [5.74, 6) is 0.960. The summed E-state index contributed by atoms with van der Waals surface area (Å²) < 4.78 is 0. The molecule has 1 aliphatic carbocycles. The van der Waals surface area contributed by atoms with Crippen molar-refractivity contribution in [1.29, 1.82) is 0 Å². The topological polar surface area (TPSA) is 6.48 Å². The highest BCUT2D eigenvalue weighted by atomic mass is 15.6. The van der Waals surface area contributed by atoms with Crippen LogP contribution in [0.3, 0.4) is 0 Å². The lowest BCUT2D eigenvalue weighted by Gasteiger charge is -2.50. The molecule has 1 saturated carbocycles. The lowest BCUT2D eigenvalue weighted by Crippen LogP contribution is -2.50. The molecule has 0 radical (unpaired) electrons. The molecule has 0 bridgehead atoms. The van der Waals surface area contributed by atoms with Gasteiger partial charge in [-0.3, -0.25) is 0 Å². The number of rotatable bonds is 1. The molecule has 3 fully saturated rings. The van der Waals surface area contributed by atoms with Crippen molar-refractivity contribution in [3.63, 3.8) is 0 Å². The summed E-state index contributed by atoms with van der Waals surface area (Å²) in [6.45, 7) is 12.6. The molecule has 0 amide bonds. The van der Waals surface area contributed by atoms with E-state index in [9.17, 15) is 0 Å². The SMILES string of the molecule is CC(C)(C)C1CCC2(CC1)CCN(N1CCCCCC1)CC2. The highest BCUT2D eigenvalue weighted by Crippen LogP contribution is 2.50. The average molecular weight is 307 g/mol. The number of hydrogen-bond donors (Lipinski definition) is 0. The van der Waals surface area contributed by atoms with Gasteiger partial charge in [0.25, 0.3) is 0 Å². The first-order valence-corrected chi connectivity index (χ1v) is 9.98. The smallest absolute Gasteiger partial charge is 0.0138 e. The molecule has 128 valence electrons. The molecule has 0 aromatic carbocycles. The summed E-state index contributed by atoms with van der Waals surface area (Å²) in [7, 11) is 0. The number of nitrogens with zero attached hydrogens (tertiary/aromatic N) is 2. The zero-order chi connectivity index (χ0) is 15.6. The fourth-order valence-corrected chi connectivity index (χ4v) is 5.19. The summed E-state index contributed by atoms with van der Waals surface area (Å²) in [5, 5.41) is 5.41. The summed E-state index contributed by atoms with van der Waals surface area (Å²) in [6, 6.07) is 0. The Morgan fingerprint density at radius 1 is 0.682 bits per heavy atom. The molecule has 22 heavy (non-hydrogen) atoms. The first kappa shape index (κ1) is 16.8. The highest BCUT2D eigenvalue weighted by molar-refractivity contribution is 4.92. The second kappa shape index (κ2) is 6.81. The Labute approximate surface area is 138 Å². The summed E-state index contributed by atoms with van der Waals surface area (Å²) in [6.07, 6.45) is 14.6. The maximum atomic E-state index is 2.71. The van der Waals surface area contributed by atoms with E-state index in [1.165, 1.54) is 90.4 Å². The minimum atomic E-state index is 0.522. The van der Waals surface area contributed by atoms with Crippen molar-refractivity contribution < 1.29 is 0 Å². The van der Waals surface area contributed by atoms with Gasteiger partial charge < -0.3 is 0 Å². The summed E-state index contributed by atoms with van der Waals surface area (Å²) >= 11 is 0. The first-order chi connectivity index (χ1) is 10.5. The summed E-state index contributed by atoms with van der Waals surface area (Å²) in [5.41, 5.74) is 1.23. The largest absolute Gasteiger partial charge is 0.242 e. The molecule has 0 atom stereocenters. The summed E-state index contributed by atoms with van der Waals surface area (Å²) in [4.78, 5) is 0. The average Bonchev–Trinajstić information content (AvgIpc) is 2.77. The zero-order valence-corrected chi connectivity index (χ0v) is 15.4. The minimum Gasteiger partial charge on any atom is -0.242 e. The van der Waals surface area contributed by atoms with Crippen LogP contribution in [0.15, 0.2) is 0 Å². The fourth-order valence-electron chi connectivity index (χ4n) is 5.19. The molecule has 3 aliphatic rings. The molecule has 2 nitrogen and oxygen atoms in total. The Morgan fingerprint density at radius 2 is 1.18 bits per heavy atom. The predicted octanol–water partition coefficient (Wildman–Crippen LogP) is 5.10. The maximum Gasteiger partial charge on any atom is 0.0138 e. The minimum absolute atomic E-state index is 0.522. The molecular formula is C20H38N2. The predicted molar refractivity (Wildman–Crippen MR) is 94.7 cm³/mol. The molecule has 0 unspecified atom stereocenters. The van der Waals surface area contributed by atoms with E-state index in [1.807, 2.05) is 0 Å². The van der Waals surface area contributed by atoms with Gasteiger partial charge in [-0.15, -0.1) is 0 Å². The van der Waals surface area contributed by atoms with E-state index < -0.39 is 0 Å². The van der Waals surface area contributed by atoms with Gasteiger partial charge in [-0.05, 0) is 68.1 Å². The zero-order valence-electron chi connectivity index (χ0n) is 15.4. The Hall–Kier alpha value is -0.0800. The van der Waals surface area contributed by atoms with Gasteiger partial charge in [-0.2, -0.15) is 0 Å². The second-order valence-electron chi connectivity index (χ2n) is 9.46. The van der Waals surface area contributed by atoms with Crippen LogP contribution in [0.25, 0.3) is 0 Å². The van der Waals surface area contributed by atoms with Gasteiger partial charge in [-0.1, -0.05) is 33.6 Å². The van der Waals surface area contributed by atoms with E-state index in [2.05, 4.69) is 30.8 Å². The monoisotopic (exact) mass is 306 g/mol. The standard InChI is InChI=1S/C20H38N2/c1-19(2,3)18-8-10-20(11-9-18)12-16-22(17-13-20)21-14-6-4-5-7-15-21/h18H,4-17H2,1-3H3. The van der Waals surface area contributed by atoms with Crippen molar-refractivity contribution in [2.24, 2.45) is 16.7 Å². The van der Waals surface area contributed by atoms with Gasteiger partial charge in [0.15, 0.2) is 0 Å². The molecule has 0 N–H and O–H groups in total. The van der Waals surface area contributed by atoms with Crippen LogP contribution in [0.4, 0.5) is 0 Å². The third kappa shape index (κ3) is 3.87. The Bertz CT molecular complexity index is 331. The van der Waals surface area contributed by atoms with Crippen LogP contribution in [0.2, 0.25) is 0 Å². The third-order valence-electron chi connectivity index (χ3n) is 7.05. The number of hydrazine groups is 1. The van der Waals surface area contributed by atoms with Gasteiger partial charge in [0.1, 0.15) is 0 Å². The van der Waals surface area contributed by atoms with Crippen LogP contribution in [-0.4, -0.2) is 36.2 Å². The van der Waals surface area contributed by atoms with Gasteiger partial charge in [-0.25, -0.2) is 10.0 Å². The van der Waals surface area contributed by atoms with Crippen molar-refractivity contribution in [2.75, 3.05) is 26.2 Å². The Balaban J connectivity index is 1.49. The number of piperidine rings is 1. The molecule has 0 aromatic rings. The highest BCUT2D eigenvalue weighted by Gasteiger charge is 2.41. The molecular weight excluding hydrogens is 268 g/mol. The molecule has 2 saturated heterocycles. The van der Waals surface area contributed by atoms with Crippen molar-refractivity contribution in [3.8, 4) is 0 Å². The van der Waals surface area contributed by atoms with E-state index in [4.69, 9.17) is 0 Å². The van der Waals surface area contributed by atoms with Crippen molar-refractivity contribution in [1.82, 2.24) is 10.0 Å². The van der Waals surface area contributed by atoms with Gasteiger partial charge in [0.2, 0.25) is 0 Å². The molecule has 2 heteroatoms. The van der Waals surface area contributed by atoms with Crippen LogP contribution < -0.4 is 0 Å². The third-order valence-corrected chi connectivity index (χ3v) is 7.05. The quantitative estimate of drug-likeness (QED) is 0.665. The van der Waals surface area contributed by atoms with Crippen LogP contribution in [0.1, 0.15) is 85.0 Å².